The lowest BCUT2D eigenvalue weighted by Crippen LogP contribution is -2.36. The Morgan fingerprint density at radius 1 is 1.12 bits per heavy atom. The molecule has 0 bridgehead atoms. The number of hydrogen-bond donors (Lipinski definition) is 1. The fourth-order valence-electron chi connectivity index (χ4n) is 2.26. The molecular weight excluding hydrogens is 346 g/mol. The van der Waals surface area contributed by atoms with Crippen molar-refractivity contribution in [2.24, 2.45) is 0 Å². The minimum Gasteiger partial charge on any atom is -0.493 e. The molecule has 2 aromatic carbocycles. The number of benzene rings is 2. The van der Waals surface area contributed by atoms with Crippen molar-refractivity contribution in [1.29, 1.82) is 0 Å². The summed E-state index contributed by atoms with van der Waals surface area (Å²) in [7, 11) is 3.27. The van der Waals surface area contributed by atoms with Crippen molar-refractivity contribution in [3.05, 3.63) is 59.7 Å². The van der Waals surface area contributed by atoms with Gasteiger partial charge in [-0.1, -0.05) is 36.4 Å². The molecule has 0 saturated carbocycles. The minimum absolute atomic E-state index is 0.00804. The van der Waals surface area contributed by atoms with Crippen LogP contribution in [0, 0.1) is 0 Å². The molecule has 2 rings (SSSR count). The van der Waals surface area contributed by atoms with Gasteiger partial charge in [0.15, 0.2) is 16.6 Å². The standard InChI is InChI=1S/C18H20F2N2O2S/c1-22(18(25)21-11-13-6-4-3-5-7-13)12-14-8-9-15(24-17(19)20)16(10-14)23-2/h3-10,17H,11-12H2,1-2H3,(H,21,25). The van der Waals surface area contributed by atoms with Gasteiger partial charge in [0.05, 0.1) is 7.11 Å². The zero-order valence-corrected chi connectivity index (χ0v) is 14.9. The molecule has 0 aliphatic heterocycles. The summed E-state index contributed by atoms with van der Waals surface area (Å²) >= 11 is 5.38. The van der Waals surface area contributed by atoms with Crippen LogP contribution in [0.5, 0.6) is 11.5 Å². The van der Waals surface area contributed by atoms with E-state index in [0.29, 0.717) is 18.2 Å². The molecular formula is C18H20F2N2O2S. The first kappa shape index (κ1) is 18.9. The van der Waals surface area contributed by atoms with E-state index in [2.05, 4.69) is 10.1 Å². The molecule has 0 aliphatic carbocycles. The van der Waals surface area contributed by atoms with Crippen LogP contribution in [0.3, 0.4) is 0 Å². The molecule has 7 heteroatoms. The molecule has 0 fully saturated rings. The Bertz CT molecular complexity index is 699. The topological polar surface area (TPSA) is 33.7 Å². The zero-order valence-electron chi connectivity index (χ0n) is 14.0. The van der Waals surface area contributed by atoms with E-state index in [-0.39, 0.29) is 11.5 Å². The number of ether oxygens (including phenoxy) is 2. The fraction of sp³-hybridized carbons (Fsp3) is 0.278. The Balaban J connectivity index is 1.94. The summed E-state index contributed by atoms with van der Waals surface area (Å²) in [6.07, 6.45) is 0. The molecule has 0 aromatic heterocycles. The van der Waals surface area contributed by atoms with E-state index < -0.39 is 6.61 Å². The lowest BCUT2D eigenvalue weighted by molar-refractivity contribution is -0.0512. The number of nitrogens with zero attached hydrogens (tertiary/aromatic N) is 1. The zero-order chi connectivity index (χ0) is 18.2. The van der Waals surface area contributed by atoms with Crippen LogP contribution in [0.2, 0.25) is 0 Å². The third-order valence-electron chi connectivity index (χ3n) is 3.50. The number of rotatable bonds is 7. The smallest absolute Gasteiger partial charge is 0.387 e. The number of hydrogen-bond acceptors (Lipinski definition) is 3. The molecule has 4 nitrogen and oxygen atoms in total. The predicted octanol–water partition coefficient (Wildman–Crippen LogP) is 3.80. The Hall–Kier alpha value is -2.41. The largest absolute Gasteiger partial charge is 0.493 e. The van der Waals surface area contributed by atoms with Gasteiger partial charge in [-0.25, -0.2) is 0 Å². The molecule has 0 radical (unpaired) electrons. The molecule has 0 spiro atoms. The van der Waals surface area contributed by atoms with Crippen molar-refractivity contribution in [1.82, 2.24) is 10.2 Å². The predicted molar refractivity (Wildman–Crippen MR) is 97.0 cm³/mol. The second-order valence-electron chi connectivity index (χ2n) is 5.36. The fourth-order valence-corrected chi connectivity index (χ4v) is 2.39. The van der Waals surface area contributed by atoms with Gasteiger partial charge in [-0.05, 0) is 35.5 Å². The minimum atomic E-state index is -2.89. The number of nitrogens with one attached hydrogen (secondary N) is 1. The van der Waals surface area contributed by atoms with Gasteiger partial charge in [-0.15, -0.1) is 0 Å². The van der Waals surface area contributed by atoms with Crippen molar-refractivity contribution in [3.8, 4) is 11.5 Å². The van der Waals surface area contributed by atoms with Crippen LogP contribution in [0.25, 0.3) is 0 Å². The molecule has 134 valence electrons. The SMILES string of the molecule is COc1cc(CN(C)C(=S)NCc2ccccc2)ccc1OC(F)F. The first-order valence-corrected chi connectivity index (χ1v) is 8.05. The van der Waals surface area contributed by atoms with Crippen LogP contribution in [0.4, 0.5) is 8.78 Å². The van der Waals surface area contributed by atoms with E-state index in [9.17, 15) is 8.78 Å². The third kappa shape index (κ3) is 5.86. The first-order chi connectivity index (χ1) is 12.0. The quantitative estimate of drug-likeness (QED) is 0.754. The Morgan fingerprint density at radius 3 is 2.48 bits per heavy atom. The van der Waals surface area contributed by atoms with Crippen LogP contribution in [0.1, 0.15) is 11.1 Å². The normalized spacial score (nSPS) is 10.4. The van der Waals surface area contributed by atoms with Crippen molar-refractivity contribution < 1.29 is 18.3 Å². The lowest BCUT2D eigenvalue weighted by atomic mass is 10.2. The maximum Gasteiger partial charge on any atom is 0.387 e. The molecule has 0 saturated heterocycles. The molecule has 25 heavy (non-hydrogen) atoms. The summed E-state index contributed by atoms with van der Waals surface area (Å²) in [6, 6.07) is 14.8. The molecule has 0 unspecified atom stereocenters. The van der Waals surface area contributed by atoms with Gasteiger partial charge in [0, 0.05) is 20.1 Å². The maximum atomic E-state index is 12.4. The first-order valence-electron chi connectivity index (χ1n) is 7.64. The summed E-state index contributed by atoms with van der Waals surface area (Å²) < 4.78 is 34.3. The number of thiocarbonyl (C=S) groups is 1. The third-order valence-corrected chi connectivity index (χ3v) is 3.95. The average molecular weight is 366 g/mol. The second kappa shape index (κ2) is 9.17. The van der Waals surface area contributed by atoms with Gasteiger partial charge in [0.25, 0.3) is 0 Å². The van der Waals surface area contributed by atoms with E-state index in [1.807, 2.05) is 42.3 Å². The maximum absolute atomic E-state index is 12.4. The van der Waals surface area contributed by atoms with E-state index in [1.54, 1.807) is 12.1 Å². The van der Waals surface area contributed by atoms with E-state index >= 15 is 0 Å². The van der Waals surface area contributed by atoms with E-state index in [0.717, 1.165) is 11.1 Å². The summed E-state index contributed by atoms with van der Waals surface area (Å²) in [5.74, 6) is 0.267. The van der Waals surface area contributed by atoms with Crippen LogP contribution in [-0.2, 0) is 13.1 Å². The molecule has 0 heterocycles. The number of alkyl halides is 2. The summed E-state index contributed by atoms with van der Waals surface area (Å²) in [6.45, 7) is -1.75. The van der Waals surface area contributed by atoms with E-state index in [4.69, 9.17) is 17.0 Å². The van der Waals surface area contributed by atoms with Crippen molar-refractivity contribution in [2.75, 3.05) is 14.2 Å². The van der Waals surface area contributed by atoms with Crippen LogP contribution >= 0.6 is 12.2 Å². The van der Waals surface area contributed by atoms with Crippen LogP contribution in [0.15, 0.2) is 48.5 Å². The van der Waals surface area contributed by atoms with Gasteiger partial charge >= 0.3 is 6.61 Å². The monoisotopic (exact) mass is 366 g/mol. The van der Waals surface area contributed by atoms with Gasteiger partial charge in [0.2, 0.25) is 0 Å². The van der Waals surface area contributed by atoms with Crippen molar-refractivity contribution in [3.63, 3.8) is 0 Å². The van der Waals surface area contributed by atoms with Gasteiger partial charge in [-0.2, -0.15) is 8.78 Å². The molecule has 2 aromatic rings. The second-order valence-corrected chi connectivity index (χ2v) is 5.75. The lowest BCUT2D eigenvalue weighted by Gasteiger charge is -2.22. The van der Waals surface area contributed by atoms with Crippen LogP contribution in [-0.4, -0.2) is 30.8 Å². The average Bonchev–Trinajstić information content (AvgIpc) is 2.61. The summed E-state index contributed by atoms with van der Waals surface area (Å²) in [4.78, 5) is 1.86. The summed E-state index contributed by atoms with van der Waals surface area (Å²) in [5, 5.41) is 3.78. The van der Waals surface area contributed by atoms with Crippen LogP contribution < -0.4 is 14.8 Å². The van der Waals surface area contributed by atoms with Gasteiger partial charge in [-0.3, -0.25) is 0 Å². The summed E-state index contributed by atoms with van der Waals surface area (Å²) in [5.41, 5.74) is 2.00. The molecule has 1 N–H and O–H groups in total. The highest BCUT2D eigenvalue weighted by molar-refractivity contribution is 7.80. The molecule has 0 atom stereocenters. The Labute approximate surface area is 151 Å². The van der Waals surface area contributed by atoms with Crippen molar-refractivity contribution >= 4 is 17.3 Å². The van der Waals surface area contributed by atoms with Crippen molar-refractivity contribution in [2.45, 2.75) is 19.7 Å². The highest BCUT2D eigenvalue weighted by Gasteiger charge is 2.12. The molecule has 0 amide bonds. The Kier molecular flexibility index (Phi) is 6.94. The highest BCUT2D eigenvalue weighted by Crippen LogP contribution is 2.29. The van der Waals surface area contributed by atoms with E-state index in [1.165, 1.54) is 13.2 Å². The van der Waals surface area contributed by atoms with Gasteiger partial charge < -0.3 is 19.7 Å². The Morgan fingerprint density at radius 2 is 1.84 bits per heavy atom. The molecule has 0 aliphatic rings. The number of halogens is 2. The highest BCUT2D eigenvalue weighted by atomic mass is 32.1. The number of methoxy groups -OCH3 is 1. The van der Waals surface area contributed by atoms with Gasteiger partial charge in [0.1, 0.15) is 0 Å².